The van der Waals surface area contributed by atoms with Gasteiger partial charge in [0, 0.05) is 17.1 Å². The van der Waals surface area contributed by atoms with Gasteiger partial charge in [-0.15, -0.1) is 5.10 Å². The van der Waals surface area contributed by atoms with Crippen molar-refractivity contribution in [1.82, 2.24) is 24.6 Å². The third kappa shape index (κ3) is 3.33. The molecular weight excluding hydrogens is 392 g/mol. The molecule has 0 saturated heterocycles. The maximum Gasteiger partial charge on any atom is 0.293 e. The molecule has 1 N–H and O–H groups in total. The number of ether oxygens (including phenoxy) is 1. The number of anilines is 2. The lowest BCUT2D eigenvalue weighted by molar-refractivity contribution is 0.414. The van der Waals surface area contributed by atoms with Gasteiger partial charge < -0.3 is 10.1 Å². The Labute approximate surface area is 177 Å². The van der Waals surface area contributed by atoms with E-state index in [1.807, 2.05) is 49.4 Å². The van der Waals surface area contributed by atoms with Gasteiger partial charge in [0.2, 0.25) is 5.95 Å². The Balaban J connectivity index is 1.74. The van der Waals surface area contributed by atoms with Gasteiger partial charge >= 0.3 is 0 Å². The predicted molar refractivity (Wildman–Crippen MR) is 119 cm³/mol. The van der Waals surface area contributed by atoms with E-state index < -0.39 is 0 Å². The summed E-state index contributed by atoms with van der Waals surface area (Å²) < 4.78 is 6.92. The Hall–Kier alpha value is -4.33. The van der Waals surface area contributed by atoms with Crippen molar-refractivity contribution in [2.45, 2.75) is 6.92 Å². The van der Waals surface area contributed by atoms with E-state index in [-0.39, 0.29) is 5.56 Å². The first-order valence-corrected chi connectivity index (χ1v) is 9.67. The molecule has 0 aliphatic carbocycles. The molecule has 0 atom stereocenters. The lowest BCUT2D eigenvalue weighted by Gasteiger charge is -2.07. The molecule has 0 unspecified atom stereocenters. The highest BCUT2D eigenvalue weighted by atomic mass is 16.5. The molecule has 31 heavy (non-hydrogen) atoms. The van der Waals surface area contributed by atoms with E-state index in [0.29, 0.717) is 23.1 Å². The van der Waals surface area contributed by atoms with Crippen LogP contribution in [0.2, 0.25) is 0 Å². The van der Waals surface area contributed by atoms with Crippen LogP contribution in [0.15, 0.2) is 71.7 Å². The summed E-state index contributed by atoms with van der Waals surface area (Å²) >= 11 is 0. The van der Waals surface area contributed by atoms with Crippen LogP contribution in [-0.4, -0.2) is 31.7 Å². The van der Waals surface area contributed by atoms with Crippen molar-refractivity contribution < 1.29 is 4.74 Å². The molecular formula is C23H18N6O2. The Morgan fingerprint density at radius 1 is 1.00 bits per heavy atom. The van der Waals surface area contributed by atoms with Crippen molar-refractivity contribution in [3.63, 3.8) is 0 Å². The highest BCUT2D eigenvalue weighted by molar-refractivity contribution is 5.93. The average molecular weight is 410 g/mol. The van der Waals surface area contributed by atoms with E-state index in [1.54, 1.807) is 29.8 Å². The smallest absolute Gasteiger partial charge is 0.293 e. The van der Waals surface area contributed by atoms with Gasteiger partial charge in [-0.2, -0.15) is 4.52 Å². The zero-order chi connectivity index (χ0) is 21.4. The number of aryl methyl sites for hydroxylation is 1. The van der Waals surface area contributed by atoms with Crippen LogP contribution in [0.1, 0.15) is 5.56 Å². The standard InChI is InChI=1S/C23H18N6O2/c1-14-13-15(31-2)10-11-16(14)20-27-21-17-7-3-4-8-18(17)25-23(29(21)28-20)26-19-9-5-6-12-24-22(19)30/h3-13H,1-2H3,(H,24,25,26,30). The number of hydrogen-bond acceptors (Lipinski definition) is 7. The summed E-state index contributed by atoms with van der Waals surface area (Å²) in [6.45, 7) is 1.98. The lowest BCUT2D eigenvalue weighted by Crippen LogP contribution is -2.11. The van der Waals surface area contributed by atoms with Crippen molar-refractivity contribution in [2.75, 3.05) is 12.4 Å². The fourth-order valence-electron chi connectivity index (χ4n) is 3.43. The van der Waals surface area contributed by atoms with Gasteiger partial charge in [0.1, 0.15) is 11.4 Å². The molecule has 0 amide bonds. The van der Waals surface area contributed by atoms with E-state index in [1.165, 1.54) is 6.20 Å². The molecule has 152 valence electrons. The number of fused-ring (bicyclic) bond motifs is 3. The van der Waals surface area contributed by atoms with E-state index in [9.17, 15) is 4.79 Å². The summed E-state index contributed by atoms with van der Waals surface area (Å²) in [5, 5.41) is 8.65. The van der Waals surface area contributed by atoms with Crippen LogP contribution in [0.25, 0.3) is 27.9 Å². The Morgan fingerprint density at radius 3 is 2.68 bits per heavy atom. The minimum absolute atomic E-state index is 0.298. The fourth-order valence-corrected chi connectivity index (χ4v) is 3.43. The first-order valence-electron chi connectivity index (χ1n) is 9.67. The number of hydrogen-bond donors (Lipinski definition) is 1. The normalized spacial score (nSPS) is 11.0. The van der Waals surface area contributed by atoms with Gasteiger partial charge in [0.15, 0.2) is 11.5 Å². The zero-order valence-corrected chi connectivity index (χ0v) is 16.9. The summed E-state index contributed by atoms with van der Waals surface area (Å²) in [7, 11) is 1.63. The van der Waals surface area contributed by atoms with E-state index >= 15 is 0 Å². The number of rotatable bonds is 4. The molecule has 0 fully saturated rings. The first kappa shape index (κ1) is 18.7. The summed E-state index contributed by atoms with van der Waals surface area (Å²) in [5.41, 5.74) is 3.16. The monoisotopic (exact) mass is 410 g/mol. The van der Waals surface area contributed by atoms with E-state index in [2.05, 4.69) is 15.3 Å². The van der Waals surface area contributed by atoms with E-state index in [4.69, 9.17) is 14.8 Å². The van der Waals surface area contributed by atoms with Crippen LogP contribution in [0, 0.1) is 6.92 Å². The van der Waals surface area contributed by atoms with Crippen LogP contribution in [0.4, 0.5) is 11.6 Å². The van der Waals surface area contributed by atoms with Gasteiger partial charge in [-0.3, -0.25) is 4.79 Å². The molecule has 8 nitrogen and oxygen atoms in total. The summed E-state index contributed by atoms with van der Waals surface area (Å²) in [6.07, 6.45) is 1.46. The summed E-state index contributed by atoms with van der Waals surface area (Å²) in [5.74, 6) is 1.70. The molecule has 2 aromatic carbocycles. The molecule has 0 aliphatic rings. The zero-order valence-electron chi connectivity index (χ0n) is 16.9. The Bertz CT molecular complexity index is 1500. The van der Waals surface area contributed by atoms with Gasteiger partial charge in [-0.05, 0) is 55.0 Å². The SMILES string of the molecule is COc1ccc(-c2nc3c4ccccc4nc(Nc4ccccnc4=O)n3n2)c(C)c1. The number of benzene rings is 2. The second-order valence-electron chi connectivity index (χ2n) is 6.98. The largest absolute Gasteiger partial charge is 0.497 e. The Morgan fingerprint density at radius 2 is 1.84 bits per heavy atom. The molecule has 0 spiro atoms. The molecule has 3 heterocycles. The predicted octanol–water partition coefficient (Wildman–Crippen LogP) is 3.76. The van der Waals surface area contributed by atoms with Crippen LogP contribution in [0.3, 0.4) is 0 Å². The minimum atomic E-state index is -0.389. The minimum Gasteiger partial charge on any atom is -0.497 e. The third-order valence-corrected chi connectivity index (χ3v) is 4.98. The maximum atomic E-state index is 12.3. The van der Waals surface area contributed by atoms with Crippen LogP contribution in [-0.2, 0) is 0 Å². The van der Waals surface area contributed by atoms with Crippen LogP contribution in [0.5, 0.6) is 5.75 Å². The molecule has 5 rings (SSSR count). The molecule has 0 bridgehead atoms. The molecule has 0 aliphatic heterocycles. The maximum absolute atomic E-state index is 12.3. The van der Waals surface area contributed by atoms with Gasteiger partial charge in [-0.1, -0.05) is 18.2 Å². The topological polar surface area (TPSA) is 94.3 Å². The number of para-hydroxylation sites is 1. The molecule has 8 heteroatoms. The second-order valence-corrected chi connectivity index (χ2v) is 6.98. The third-order valence-electron chi connectivity index (χ3n) is 4.98. The average Bonchev–Trinajstić information content (AvgIpc) is 3.13. The highest BCUT2D eigenvalue weighted by Gasteiger charge is 2.16. The van der Waals surface area contributed by atoms with Crippen LogP contribution >= 0.6 is 0 Å². The molecule has 0 saturated carbocycles. The number of aromatic nitrogens is 5. The first-order chi connectivity index (χ1) is 15.1. The quantitative estimate of drug-likeness (QED) is 0.482. The summed E-state index contributed by atoms with van der Waals surface area (Å²) in [4.78, 5) is 25.6. The second kappa shape index (κ2) is 7.49. The highest BCUT2D eigenvalue weighted by Crippen LogP contribution is 2.28. The van der Waals surface area contributed by atoms with Gasteiger partial charge in [0.05, 0.1) is 12.6 Å². The molecule has 3 aromatic heterocycles. The lowest BCUT2D eigenvalue weighted by atomic mass is 10.1. The van der Waals surface area contributed by atoms with Gasteiger partial charge in [-0.25, -0.2) is 15.0 Å². The van der Waals surface area contributed by atoms with Crippen molar-refractivity contribution in [2.24, 2.45) is 0 Å². The van der Waals surface area contributed by atoms with Crippen LogP contribution < -0.4 is 15.6 Å². The fraction of sp³-hybridized carbons (Fsp3) is 0.0870. The number of nitrogens with zero attached hydrogens (tertiary/aromatic N) is 5. The van der Waals surface area contributed by atoms with E-state index in [0.717, 1.165) is 27.8 Å². The van der Waals surface area contributed by atoms with Crippen molar-refractivity contribution in [3.8, 4) is 17.1 Å². The molecule has 5 aromatic rings. The summed E-state index contributed by atoms with van der Waals surface area (Å²) in [6, 6.07) is 18.5. The van der Waals surface area contributed by atoms with Crippen molar-refractivity contribution in [1.29, 1.82) is 0 Å². The van der Waals surface area contributed by atoms with Crippen molar-refractivity contribution in [3.05, 3.63) is 82.8 Å². The number of methoxy groups -OCH3 is 1. The Kier molecular flexibility index (Phi) is 4.51. The van der Waals surface area contributed by atoms with Gasteiger partial charge in [0.25, 0.3) is 5.56 Å². The number of nitrogens with one attached hydrogen (secondary N) is 1. The van der Waals surface area contributed by atoms with Crippen molar-refractivity contribution >= 4 is 28.2 Å². The molecule has 0 radical (unpaired) electrons.